The van der Waals surface area contributed by atoms with Gasteiger partial charge in [0.05, 0.1) is 12.5 Å². The Kier molecular flexibility index (Phi) is 2.28. The van der Waals surface area contributed by atoms with E-state index in [4.69, 9.17) is 4.42 Å². The van der Waals surface area contributed by atoms with Crippen molar-refractivity contribution in [3.05, 3.63) is 60.1 Å². The predicted octanol–water partition coefficient (Wildman–Crippen LogP) is 3.45. The summed E-state index contributed by atoms with van der Waals surface area (Å²) in [7, 11) is 0. The van der Waals surface area contributed by atoms with Crippen LogP contribution in [0, 0.1) is 0 Å². The average molecular weight is 170 g/mol. The molecule has 1 aromatic carbocycles. The molecular weight excluding hydrogens is 160 g/mol. The van der Waals surface area contributed by atoms with Crippen LogP contribution in [0.2, 0.25) is 0 Å². The first-order chi connectivity index (χ1) is 6.45. The molecule has 2 aromatic rings. The van der Waals surface area contributed by atoms with E-state index in [1.165, 1.54) is 5.56 Å². The van der Waals surface area contributed by atoms with E-state index in [2.05, 4.69) is 18.2 Å². The van der Waals surface area contributed by atoms with Gasteiger partial charge in [-0.05, 0) is 11.6 Å². The van der Waals surface area contributed by atoms with Crippen molar-refractivity contribution in [2.75, 3.05) is 0 Å². The summed E-state index contributed by atoms with van der Waals surface area (Å²) in [4.78, 5) is 0. The lowest BCUT2D eigenvalue weighted by molar-refractivity contribution is 0.567. The third-order valence-electron chi connectivity index (χ3n) is 1.81. The average Bonchev–Trinajstić information content (AvgIpc) is 2.69. The Morgan fingerprint density at radius 1 is 0.846 bits per heavy atom. The first-order valence-electron chi connectivity index (χ1n) is 4.20. The van der Waals surface area contributed by atoms with Gasteiger partial charge in [0.25, 0.3) is 0 Å². The van der Waals surface area contributed by atoms with Crippen LogP contribution in [0.5, 0.6) is 0 Å². The lowest BCUT2D eigenvalue weighted by atomic mass is 10.2. The van der Waals surface area contributed by atoms with E-state index in [0.29, 0.717) is 0 Å². The van der Waals surface area contributed by atoms with Gasteiger partial charge in [0.2, 0.25) is 0 Å². The largest absolute Gasteiger partial charge is 0.472 e. The van der Waals surface area contributed by atoms with E-state index in [1.807, 2.05) is 30.3 Å². The summed E-state index contributed by atoms with van der Waals surface area (Å²) in [6.07, 6.45) is 7.48. The fourth-order valence-electron chi connectivity index (χ4n) is 1.13. The Bertz CT molecular complexity index is 371. The van der Waals surface area contributed by atoms with Gasteiger partial charge < -0.3 is 4.42 Å². The molecule has 0 atom stereocenters. The summed E-state index contributed by atoms with van der Waals surface area (Å²) in [5.74, 6) is 0. The monoisotopic (exact) mass is 170 g/mol. The third-order valence-corrected chi connectivity index (χ3v) is 1.81. The van der Waals surface area contributed by atoms with E-state index < -0.39 is 0 Å². The second-order valence-electron chi connectivity index (χ2n) is 2.80. The van der Waals surface area contributed by atoms with E-state index in [9.17, 15) is 0 Å². The maximum atomic E-state index is 4.95. The van der Waals surface area contributed by atoms with E-state index in [1.54, 1.807) is 12.5 Å². The number of furan rings is 1. The molecule has 0 aliphatic carbocycles. The van der Waals surface area contributed by atoms with Crippen molar-refractivity contribution < 1.29 is 4.42 Å². The van der Waals surface area contributed by atoms with Crippen LogP contribution in [0.3, 0.4) is 0 Å². The quantitative estimate of drug-likeness (QED) is 0.672. The summed E-state index contributed by atoms with van der Waals surface area (Å²) in [5.41, 5.74) is 2.28. The minimum absolute atomic E-state index is 1.09. The molecule has 0 saturated heterocycles. The van der Waals surface area contributed by atoms with Crippen molar-refractivity contribution in [3.8, 4) is 0 Å². The fraction of sp³-hybridized carbons (Fsp3) is 0. The topological polar surface area (TPSA) is 13.1 Å². The van der Waals surface area contributed by atoms with Gasteiger partial charge in [0.1, 0.15) is 0 Å². The highest BCUT2D eigenvalue weighted by molar-refractivity contribution is 5.68. The standard InChI is InChI=1S/C12H10O/c1-2-4-11(5-3-1)6-7-12-8-9-13-10-12/h1-10H. The zero-order chi connectivity index (χ0) is 8.93. The molecule has 13 heavy (non-hydrogen) atoms. The molecule has 0 spiro atoms. The first-order valence-corrected chi connectivity index (χ1v) is 4.20. The summed E-state index contributed by atoms with van der Waals surface area (Å²) >= 11 is 0. The molecule has 0 radical (unpaired) electrons. The van der Waals surface area contributed by atoms with Crippen molar-refractivity contribution in [1.29, 1.82) is 0 Å². The molecule has 0 amide bonds. The first kappa shape index (κ1) is 7.87. The molecule has 0 saturated carbocycles. The van der Waals surface area contributed by atoms with Crippen LogP contribution in [0.25, 0.3) is 12.2 Å². The molecule has 0 unspecified atom stereocenters. The van der Waals surface area contributed by atoms with Crippen LogP contribution < -0.4 is 0 Å². The summed E-state index contributed by atoms with van der Waals surface area (Å²) in [6.45, 7) is 0. The SMILES string of the molecule is C(=Cc1ccoc1)c1ccccc1. The number of rotatable bonds is 2. The van der Waals surface area contributed by atoms with Crippen molar-refractivity contribution in [1.82, 2.24) is 0 Å². The summed E-state index contributed by atoms with van der Waals surface area (Å²) < 4.78 is 4.95. The number of hydrogen-bond donors (Lipinski definition) is 0. The molecular formula is C12H10O. The van der Waals surface area contributed by atoms with Gasteiger partial charge in [-0.25, -0.2) is 0 Å². The normalized spacial score (nSPS) is 10.8. The predicted molar refractivity (Wildman–Crippen MR) is 54.1 cm³/mol. The smallest absolute Gasteiger partial charge is 0.0974 e. The van der Waals surface area contributed by atoms with Crippen LogP contribution in [0.15, 0.2) is 53.3 Å². The Labute approximate surface area is 77.3 Å². The lowest BCUT2D eigenvalue weighted by Crippen LogP contribution is -1.67. The van der Waals surface area contributed by atoms with Crippen molar-refractivity contribution in [2.45, 2.75) is 0 Å². The highest BCUT2D eigenvalue weighted by Crippen LogP contribution is 2.07. The van der Waals surface area contributed by atoms with Gasteiger partial charge >= 0.3 is 0 Å². The minimum atomic E-state index is 1.09. The number of benzene rings is 1. The zero-order valence-corrected chi connectivity index (χ0v) is 7.18. The molecule has 0 N–H and O–H groups in total. The molecule has 64 valence electrons. The molecule has 0 aliphatic heterocycles. The third kappa shape index (κ3) is 2.09. The Balaban J connectivity index is 2.15. The molecule has 0 bridgehead atoms. The summed E-state index contributed by atoms with van der Waals surface area (Å²) in [6, 6.07) is 12.1. The molecule has 0 aliphatic rings. The molecule has 1 heteroatoms. The highest BCUT2D eigenvalue weighted by Gasteiger charge is 1.86. The Hall–Kier alpha value is -1.76. The van der Waals surface area contributed by atoms with Gasteiger partial charge in [-0.1, -0.05) is 42.5 Å². The fourth-order valence-corrected chi connectivity index (χ4v) is 1.13. The molecule has 1 heterocycles. The van der Waals surface area contributed by atoms with E-state index in [-0.39, 0.29) is 0 Å². The van der Waals surface area contributed by atoms with Gasteiger partial charge in [0.15, 0.2) is 0 Å². The zero-order valence-electron chi connectivity index (χ0n) is 7.18. The van der Waals surface area contributed by atoms with Gasteiger partial charge in [-0.15, -0.1) is 0 Å². The van der Waals surface area contributed by atoms with Crippen LogP contribution in [0.1, 0.15) is 11.1 Å². The Morgan fingerprint density at radius 2 is 1.62 bits per heavy atom. The number of hydrogen-bond acceptors (Lipinski definition) is 1. The van der Waals surface area contributed by atoms with E-state index in [0.717, 1.165) is 5.56 Å². The van der Waals surface area contributed by atoms with Crippen LogP contribution in [-0.2, 0) is 0 Å². The van der Waals surface area contributed by atoms with E-state index >= 15 is 0 Å². The summed E-state index contributed by atoms with van der Waals surface area (Å²) in [5, 5.41) is 0. The molecule has 1 aromatic heterocycles. The van der Waals surface area contributed by atoms with Gasteiger partial charge in [0, 0.05) is 5.56 Å². The van der Waals surface area contributed by atoms with Gasteiger partial charge in [-0.2, -0.15) is 0 Å². The maximum absolute atomic E-state index is 4.95. The van der Waals surface area contributed by atoms with Crippen molar-refractivity contribution in [2.24, 2.45) is 0 Å². The van der Waals surface area contributed by atoms with Crippen molar-refractivity contribution in [3.63, 3.8) is 0 Å². The molecule has 0 fully saturated rings. The molecule has 2 rings (SSSR count). The van der Waals surface area contributed by atoms with Crippen LogP contribution >= 0.6 is 0 Å². The second-order valence-corrected chi connectivity index (χ2v) is 2.80. The lowest BCUT2D eigenvalue weighted by Gasteiger charge is -1.89. The molecule has 1 nitrogen and oxygen atoms in total. The maximum Gasteiger partial charge on any atom is 0.0974 e. The highest BCUT2D eigenvalue weighted by atomic mass is 16.3. The van der Waals surface area contributed by atoms with Crippen molar-refractivity contribution >= 4 is 12.2 Å². The van der Waals surface area contributed by atoms with Crippen LogP contribution in [-0.4, -0.2) is 0 Å². The van der Waals surface area contributed by atoms with Crippen LogP contribution in [0.4, 0.5) is 0 Å². The minimum Gasteiger partial charge on any atom is -0.472 e. The Morgan fingerprint density at radius 3 is 2.31 bits per heavy atom. The second kappa shape index (κ2) is 3.76. The van der Waals surface area contributed by atoms with Gasteiger partial charge in [-0.3, -0.25) is 0 Å².